The van der Waals surface area contributed by atoms with Gasteiger partial charge in [-0.2, -0.15) is 0 Å². The number of halogens is 2. The van der Waals surface area contributed by atoms with E-state index in [1.807, 2.05) is 76.0 Å². The highest BCUT2D eigenvalue weighted by Gasteiger charge is 2.10. The van der Waals surface area contributed by atoms with Crippen molar-refractivity contribution >= 4 is 53.3 Å². The van der Waals surface area contributed by atoms with Crippen LogP contribution >= 0.6 is 35.6 Å². The zero-order valence-corrected chi connectivity index (χ0v) is 21.3. The van der Waals surface area contributed by atoms with Crippen LogP contribution in [-0.2, 0) is 20.1 Å². The van der Waals surface area contributed by atoms with Gasteiger partial charge in [0.1, 0.15) is 0 Å². The molecule has 7 nitrogen and oxygen atoms in total. The molecule has 0 fully saturated rings. The summed E-state index contributed by atoms with van der Waals surface area (Å²) in [6, 6.07) is 9.55. The number of urea groups is 1. The minimum Gasteiger partial charge on any atom is -0.357 e. The highest BCUT2D eigenvalue weighted by Crippen LogP contribution is 2.15. The number of aromatic nitrogens is 1. The van der Waals surface area contributed by atoms with E-state index in [1.165, 1.54) is 0 Å². The summed E-state index contributed by atoms with van der Waals surface area (Å²) < 4.78 is 2.02. The molecule has 1 aromatic carbocycles. The molecular formula is C21H32ClIN6O. The topological polar surface area (TPSA) is 73.7 Å². The predicted molar refractivity (Wildman–Crippen MR) is 136 cm³/mol. The van der Waals surface area contributed by atoms with Crippen molar-refractivity contribution in [2.75, 3.05) is 18.9 Å². The highest BCUT2D eigenvalue weighted by molar-refractivity contribution is 14.0. The van der Waals surface area contributed by atoms with Gasteiger partial charge in [0.05, 0.1) is 18.1 Å². The lowest BCUT2D eigenvalue weighted by molar-refractivity contribution is 0.250. The average molecular weight is 547 g/mol. The van der Waals surface area contributed by atoms with Gasteiger partial charge < -0.3 is 25.4 Å². The molecule has 2 amide bonds. The number of guanidine groups is 1. The first-order chi connectivity index (χ1) is 13.8. The van der Waals surface area contributed by atoms with Gasteiger partial charge in [0.15, 0.2) is 5.96 Å². The van der Waals surface area contributed by atoms with E-state index in [2.05, 4.69) is 20.9 Å². The molecule has 0 saturated carbocycles. The molecule has 0 saturated heterocycles. The third-order valence-corrected chi connectivity index (χ3v) is 4.42. The molecule has 2 aromatic rings. The number of carbonyl (C=O) groups excluding carboxylic acids is 1. The zero-order chi connectivity index (χ0) is 21.4. The fourth-order valence-electron chi connectivity index (χ4n) is 2.80. The first-order valence-electron chi connectivity index (χ1n) is 9.75. The van der Waals surface area contributed by atoms with Gasteiger partial charge in [0.2, 0.25) is 0 Å². The summed E-state index contributed by atoms with van der Waals surface area (Å²) in [5.41, 5.74) is 2.92. The van der Waals surface area contributed by atoms with E-state index in [0.29, 0.717) is 13.1 Å². The Kier molecular flexibility index (Phi) is 11.0. The van der Waals surface area contributed by atoms with Crippen LogP contribution in [-0.4, -0.2) is 41.1 Å². The van der Waals surface area contributed by atoms with E-state index in [-0.39, 0.29) is 36.0 Å². The summed E-state index contributed by atoms with van der Waals surface area (Å²) >= 11 is 6.08. The van der Waals surface area contributed by atoms with Crippen molar-refractivity contribution in [2.24, 2.45) is 12.0 Å². The van der Waals surface area contributed by atoms with Crippen LogP contribution in [0.3, 0.4) is 0 Å². The Bertz CT molecular complexity index is 835. The number of nitrogens with one attached hydrogen (secondary N) is 3. The lowest BCUT2D eigenvalue weighted by Gasteiger charge is -2.22. The lowest BCUT2D eigenvalue weighted by atomic mass is 10.2. The van der Waals surface area contributed by atoms with Crippen LogP contribution in [0.25, 0.3) is 0 Å². The second kappa shape index (κ2) is 12.7. The summed E-state index contributed by atoms with van der Waals surface area (Å²) in [4.78, 5) is 18.6. The Labute approximate surface area is 201 Å². The molecule has 9 heteroatoms. The van der Waals surface area contributed by atoms with Crippen molar-refractivity contribution in [1.29, 1.82) is 0 Å². The molecule has 0 bridgehead atoms. The van der Waals surface area contributed by atoms with Crippen LogP contribution in [0, 0.1) is 0 Å². The van der Waals surface area contributed by atoms with Crippen molar-refractivity contribution in [1.82, 2.24) is 20.1 Å². The van der Waals surface area contributed by atoms with Gasteiger partial charge in [0, 0.05) is 44.3 Å². The van der Waals surface area contributed by atoms with E-state index in [4.69, 9.17) is 16.6 Å². The lowest BCUT2D eigenvalue weighted by Crippen LogP contribution is -2.38. The van der Waals surface area contributed by atoms with Crippen molar-refractivity contribution < 1.29 is 4.79 Å². The van der Waals surface area contributed by atoms with Gasteiger partial charge in [-0.05, 0) is 44.5 Å². The fourth-order valence-corrected chi connectivity index (χ4v) is 3.07. The average Bonchev–Trinajstić information content (AvgIpc) is 2.96. The molecule has 1 heterocycles. The quantitative estimate of drug-likeness (QED) is 0.273. The Morgan fingerprint density at radius 2 is 1.93 bits per heavy atom. The van der Waals surface area contributed by atoms with E-state index < -0.39 is 0 Å². The fraction of sp³-hybridized carbons (Fsp3) is 0.429. The number of aliphatic imine (C=N–C) groups is 1. The van der Waals surface area contributed by atoms with Gasteiger partial charge >= 0.3 is 6.03 Å². The molecule has 0 aliphatic rings. The van der Waals surface area contributed by atoms with Crippen LogP contribution < -0.4 is 16.0 Å². The molecule has 2 rings (SSSR count). The standard InChI is InChI=1S/C21H31ClN6O.HI/c1-6-23-20(28(5)14-19-11-17(22)13-27(19)4)24-12-16-7-9-18(10-8-16)26-21(29)25-15(2)3;/h7-11,13,15H,6,12,14H2,1-5H3,(H,23,24)(H2,25,26,29);1H. The summed E-state index contributed by atoms with van der Waals surface area (Å²) in [5.74, 6) is 0.823. The predicted octanol–water partition coefficient (Wildman–Crippen LogP) is 4.42. The maximum atomic E-state index is 11.8. The van der Waals surface area contributed by atoms with Gasteiger partial charge in [0.25, 0.3) is 0 Å². The molecule has 166 valence electrons. The van der Waals surface area contributed by atoms with E-state index in [0.717, 1.165) is 34.5 Å². The van der Waals surface area contributed by atoms with Gasteiger partial charge in [-0.15, -0.1) is 24.0 Å². The molecule has 0 spiro atoms. The third-order valence-electron chi connectivity index (χ3n) is 4.21. The van der Waals surface area contributed by atoms with Gasteiger partial charge in [-0.3, -0.25) is 0 Å². The second-order valence-corrected chi connectivity index (χ2v) is 7.67. The van der Waals surface area contributed by atoms with Crippen molar-refractivity contribution in [3.05, 3.63) is 52.8 Å². The van der Waals surface area contributed by atoms with Crippen molar-refractivity contribution in [2.45, 2.75) is 39.9 Å². The normalized spacial score (nSPS) is 11.1. The summed E-state index contributed by atoms with van der Waals surface area (Å²) in [5, 5.41) is 9.67. The minimum absolute atomic E-state index is 0. The molecule has 0 radical (unpaired) electrons. The third kappa shape index (κ3) is 8.43. The highest BCUT2D eigenvalue weighted by atomic mass is 127. The maximum absolute atomic E-state index is 11.8. The second-order valence-electron chi connectivity index (χ2n) is 7.24. The van der Waals surface area contributed by atoms with E-state index in [1.54, 1.807) is 0 Å². The van der Waals surface area contributed by atoms with E-state index >= 15 is 0 Å². The number of rotatable bonds is 7. The largest absolute Gasteiger partial charge is 0.357 e. The molecule has 0 aliphatic heterocycles. The Balaban J connectivity index is 0.00000450. The van der Waals surface area contributed by atoms with Crippen LogP contribution in [0.1, 0.15) is 32.0 Å². The molecule has 0 unspecified atom stereocenters. The number of amides is 2. The maximum Gasteiger partial charge on any atom is 0.319 e. The molecular weight excluding hydrogens is 515 g/mol. The van der Waals surface area contributed by atoms with Crippen LogP contribution in [0.5, 0.6) is 0 Å². The SMILES string of the molecule is CCNC(=NCc1ccc(NC(=O)NC(C)C)cc1)N(C)Cc1cc(Cl)cn1C.I. The zero-order valence-electron chi connectivity index (χ0n) is 18.2. The summed E-state index contributed by atoms with van der Waals surface area (Å²) in [6.07, 6.45) is 1.89. The van der Waals surface area contributed by atoms with E-state index in [9.17, 15) is 4.79 Å². The molecule has 30 heavy (non-hydrogen) atoms. The summed E-state index contributed by atoms with van der Waals surface area (Å²) in [6.45, 7) is 7.91. The van der Waals surface area contributed by atoms with Crippen molar-refractivity contribution in [3.8, 4) is 0 Å². The van der Waals surface area contributed by atoms with Crippen molar-refractivity contribution in [3.63, 3.8) is 0 Å². The van der Waals surface area contributed by atoms with Crippen LogP contribution in [0.15, 0.2) is 41.5 Å². The number of benzene rings is 1. The monoisotopic (exact) mass is 546 g/mol. The number of hydrogen-bond acceptors (Lipinski definition) is 2. The minimum atomic E-state index is -0.206. The number of nitrogens with zero attached hydrogens (tertiary/aromatic N) is 3. The summed E-state index contributed by atoms with van der Waals surface area (Å²) in [7, 11) is 3.99. The number of anilines is 1. The number of carbonyl (C=O) groups is 1. The number of hydrogen-bond donors (Lipinski definition) is 3. The molecule has 1 aromatic heterocycles. The van der Waals surface area contributed by atoms with Gasteiger partial charge in [-0.25, -0.2) is 9.79 Å². The van der Waals surface area contributed by atoms with Crippen LogP contribution in [0.4, 0.5) is 10.5 Å². The molecule has 3 N–H and O–H groups in total. The Morgan fingerprint density at radius 1 is 1.27 bits per heavy atom. The Hall–Kier alpha value is -1.94. The number of aryl methyl sites for hydroxylation is 1. The molecule has 0 atom stereocenters. The first-order valence-corrected chi connectivity index (χ1v) is 10.1. The van der Waals surface area contributed by atoms with Gasteiger partial charge in [-0.1, -0.05) is 23.7 Å². The first kappa shape index (κ1) is 26.1. The Morgan fingerprint density at radius 3 is 2.47 bits per heavy atom. The smallest absolute Gasteiger partial charge is 0.319 e. The molecule has 0 aliphatic carbocycles. The van der Waals surface area contributed by atoms with Crippen LogP contribution in [0.2, 0.25) is 5.02 Å².